The molecule has 4 nitrogen and oxygen atoms in total. The van der Waals surface area contributed by atoms with Crippen LogP contribution >= 0.6 is 0 Å². The Bertz CT molecular complexity index is 464. The first-order valence-electron chi connectivity index (χ1n) is 8.21. The summed E-state index contributed by atoms with van der Waals surface area (Å²) in [7, 11) is 0. The Hall–Kier alpha value is -2.36. The van der Waals surface area contributed by atoms with Gasteiger partial charge in [0.15, 0.2) is 0 Å². The van der Waals surface area contributed by atoms with Gasteiger partial charge < -0.3 is 19.8 Å². The topological polar surface area (TPSA) is 80.3 Å². The third-order valence-corrected chi connectivity index (χ3v) is 3.39. The zero-order chi connectivity index (χ0) is 18.2. The predicted octanol–water partition coefficient (Wildman–Crippen LogP) is 2.39. The molecule has 0 amide bonds. The average molecular weight is 330 g/mol. The van der Waals surface area contributed by atoms with Crippen LogP contribution in [0.15, 0.2) is 60.8 Å². The smallest absolute Gasteiger partial charge is 0.0681 e. The fourth-order valence-electron chi connectivity index (χ4n) is 2.06. The highest BCUT2D eigenvalue weighted by Gasteiger charge is 2.07. The summed E-state index contributed by atoms with van der Waals surface area (Å²) in [4.78, 5) is 22.5. The second-order valence-corrected chi connectivity index (χ2v) is 5.32. The zero-order valence-electron chi connectivity index (χ0n) is 14.2. The van der Waals surface area contributed by atoms with E-state index < -0.39 is 11.9 Å². The molecule has 0 aromatic carbocycles. The van der Waals surface area contributed by atoms with Gasteiger partial charge in [-0.3, -0.25) is 0 Å². The van der Waals surface area contributed by atoms with E-state index >= 15 is 0 Å². The summed E-state index contributed by atoms with van der Waals surface area (Å²) >= 11 is 0. The van der Waals surface area contributed by atoms with Gasteiger partial charge in [0.25, 0.3) is 0 Å². The Balaban J connectivity index is 4.82. The lowest BCUT2D eigenvalue weighted by Crippen LogP contribution is -2.31. The van der Waals surface area contributed by atoms with Gasteiger partial charge in [0, 0.05) is 0 Å². The summed E-state index contributed by atoms with van der Waals surface area (Å²) in [5.41, 5.74) is -0.462. The molecule has 0 spiro atoms. The van der Waals surface area contributed by atoms with E-state index in [1.54, 1.807) is 12.2 Å². The Kier molecular flexibility index (Phi) is 12.8. The normalized spacial score (nSPS) is 12.3. The maximum absolute atomic E-state index is 11.2. The molecule has 0 rings (SSSR count). The van der Waals surface area contributed by atoms with E-state index in [0.29, 0.717) is 0 Å². The number of rotatable bonds is 14. The lowest BCUT2D eigenvalue weighted by Gasteiger charge is -2.15. The van der Waals surface area contributed by atoms with Gasteiger partial charge in [0.05, 0.1) is 11.9 Å². The van der Waals surface area contributed by atoms with Crippen molar-refractivity contribution in [2.45, 2.75) is 51.4 Å². The molecule has 0 unspecified atom stereocenters. The first kappa shape index (κ1) is 21.6. The predicted molar refractivity (Wildman–Crippen MR) is 92.7 cm³/mol. The SMILES string of the molecule is C=CCCC/C=C/C/C(C(=O)[O-])=C(\C/C=C/CCCC=C)C(=O)[O-]. The van der Waals surface area contributed by atoms with E-state index in [4.69, 9.17) is 0 Å². The number of carboxylic acids is 2. The molecular weight excluding hydrogens is 304 g/mol. The molecule has 4 heteroatoms. The van der Waals surface area contributed by atoms with Gasteiger partial charge in [-0.05, 0) is 62.5 Å². The standard InChI is InChI=1S/C20H28O4/c1-3-5-7-9-11-13-15-17(19(21)22)18(20(23)24)16-14-12-10-8-6-4-2/h3-4,11-14H,1-2,5-10,15-16H2,(H,21,22)(H,23,24)/p-2/b13-11+,14-12+,18-17-. The van der Waals surface area contributed by atoms with Crippen LogP contribution in [0.2, 0.25) is 0 Å². The molecule has 0 aliphatic rings. The number of hydrogen-bond donors (Lipinski definition) is 0. The van der Waals surface area contributed by atoms with E-state index in [9.17, 15) is 19.8 Å². The van der Waals surface area contributed by atoms with Crippen LogP contribution in [0, 0.1) is 0 Å². The second-order valence-electron chi connectivity index (χ2n) is 5.32. The van der Waals surface area contributed by atoms with Crippen molar-refractivity contribution in [2.24, 2.45) is 0 Å². The molecule has 0 bridgehead atoms. The van der Waals surface area contributed by atoms with Gasteiger partial charge in [0.1, 0.15) is 0 Å². The van der Waals surface area contributed by atoms with Crippen molar-refractivity contribution in [3.8, 4) is 0 Å². The molecule has 132 valence electrons. The van der Waals surface area contributed by atoms with Crippen LogP contribution in [0.4, 0.5) is 0 Å². The van der Waals surface area contributed by atoms with E-state index in [1.165, 1.54) is 0 Å². The number of carbonyl (C=O) groups excluding carboxylic acids is 2. The van der Waals surface area contributed by atoms with Crippen molar-refractivity contribution < 1.29 is 19.8 Å². The van der Waals surface area contributed by atoms with Gasteiger partial charge in [-0.2, -0.15) is 0 Å². The summed E-state index contributed by atoms with van der Waals surface area (Å²) in [6.45, 7) is 7.25. The van der Waals surface area contributed by atoms with Gasteiger partial charge >= 0.3 is 0 Å². The highest BCUT2D eigenvalue weighted by Crippen LogP contribution is 2.14. The third kappa shape index (κ3) is 10.4. The largest absolute Gasteiger partial charge is 0.545 e. The maximum Gasteiger partial charge on any atom is 0.0681 e. The molecule has 0 atom stereocenters. The van der Waals surface area contributed by atoms with Crippen LogP contribution in [-0.4, -0.2) is 11.9 Å². The minimum atomic E-state index is -1.47. The zero-order valence-corrected chi connectivity index (χ0v) is 14.2. The van der Waals surface area contributed by atoms with Gasteiger partial charge in [-0.25, -0.2) is 0 Å². The molecule has 0 fully saturated rings. The number of aliphatic carboxylic acids is 2. The summed E-state index contributed by atoms with van der Waals surface area (Å²) < 4.78 is 0. The molecule has 0 radical (unpaired) electrons. The van der Waals surface area contributed by atoms with E-state index in [2.05, 4.69) is 13.2 Å². The lowest BCUT2D eigenvalue weighted by molar-refractivity contribution is -0.304. The number of unbranched alkanes of at least 4 members (excludes halogenated alkanes) is 4. The molecule has 0 aromatic rings. The Morgan fingerprint density at radius 2 is 1.04 bits per heavy atom. The van der Waals surface area contributed by atoms with Crippen LogP contribution in [-0.2, 0) is 9.59 Å². The lowest BCUT2D eigenvalue weighted by atomic mass is 10.0. The van der Waals surface area contributed by atoms with Gasteiger partial charge in [0.2, 0.25) is 0 Å². The van der Waals surface area contributed by atoms with E-state index in [1.807, 2.05) is 24.3 Å². The maximum atomic E-state index is 11.2. The van der Waals surface area contributed by atoms with Gasteiger partial charge in [-0.1, -0.05) is 36.5 Å². The molecule has 0 heterocycles. The monoisotopic (exact) mass is 330 g/mol. The molecule has 0 aliphatic carbocycles. The number of allylic oxidation sites excluding steroid dienone is 6. The minimum Gasteiger partial charge on any atom is -0.545 e. The molecular formula is C20H26O4-2. The number of carbonyl (C=O) groups is 2. The Labute approximate surface area is 144 Å². The van der Waals surface area contributed by atoms with Crippen molar-refractivity contribution >= 4 is 11.9 Å². The molecule has 0 aliphatic heterocycles. The number of hydrogen-bond acceptors (Lipinski definition) is 4. The highest BCUT2D eigenvalue weighted by atomic mass is 16.4. The van der Waals surface area contributed by atoms with Crippen LogP contribution in [0.5, 0.6) is 0 Å². The Morgan fingerprint density at radius 3 is 1.33 bits per heavy atom. The van der Waals surface area contributed by atoms with Crippen molar-refractivity contribution in [3.63, 3.8) is 0 Å². The molecule has 0 aromatic heterocycles. The first-order valence-corrected chi connectivity index (χ1v) is 8.21. The fourth-order valence-corrected chi connectivity index (χ4v) is 2.06. The quantitative estimate of drug-likeness (QED) is 0.278. The summed E-state index contributed by atoms with van der Waals surface area (Å²) in [6.07, 6.45) is 15.8. The Morgan fingerprint density at radius 1 is 0.667 bits per heavy atom. The molecule has 24 heavy (non-hydrogen) atoms. The van der Waals surface area contributed by atoms with Crippen molar-refractivity contribution in [2.75, 3.05) is 0 Å². The average Bonchev–Trinajstić information content (AvgIpc) is 2.54. The molecule has 0 saturated carbocycles. The van der Waals surface area contributed by atoms with Crippen molar-refractivity contribution in [1.82, 2.24) is 0 Å². The van der Waals surface area contributed by atoms with Crippen LogP contribution < -0.4 is 10.2 Å². The first-order chi connectivity index (χ1) is 11.5. The van der Waals surface area contributed by atoms with Crippen molar-refractivity contribution in [1.29, 1.82) is 0 Å². The van der Waals surface area contributed by atoms with Crippen LogP contribution in [0.1, 0.15) is 51.4 Å². The van der Waals surface area contributed by atoms with E-state index in [0.717, 1.165) is 38.5 Å². The summed E-state index contributed by atoms with van der Waals surface area (Å²) in [6, 6.07) is 0. The minimum absolute atomic E-state index is 0.0179. The van der Waals surface area contributed by atoms with Gasteiger partial charge in [-0.15, -0.1) is 13.2 Å². The molecule has 0 N–H and O–H groups in total. The third-order valence-electron chi connectivity index (χ3n) is 3.39. The van der Waals surface area contributed by atoms with Crippen LogP contribution in [0.3, 0.4) is 0 Å². The fraction of sp³-hybridized carbons (Fsp3) is 0.400. The molecule has 0 saturated heterocycles. The van der Waals surface area contributed by atoms with E-state index in [-0.39, 0.29) is 24.0 Å². The highest BCUT2D eigenvalue weighted by molar-refractivity contribution is 5.97. The van der Waals surface area contributed by atoms with Crippen LogP contribution in [0.25, 0.3) is 0 Å². The van der Waals surface area contributed by atoms with Crippen molar-refractivity contribution in [3.05, 3.63) is 60.8 Å². The summed E-state index contributed by atoms with van der Waals surface area (Å²) in [5, 5.41) is 22.5. The number of carboxylic acid groups (broad SMARTS) is 2. The second kappa shape index (κ2) is 14.2. The summed E-state index contributed by atoms with van der Waals surface area (Å²) in [5.74, 6) is -2.94.